The number of anilines is 10. The van der Waals surface area contributed by atoms with Crippen molar-refractivity contribution in [2.45, 2.75) is 26.2 Å². The van der Waals surface area contributed by atoms with Crippen molar-refractivity contribution in [1.82, 2.24) is 18.9 Å². The van der Waals surface area contributed by atoms with E-state index in [9.17, 15) is 0 Å². The van der Waals surface area contributed by atoms with Gasteiger partial charge in [-0.3, -0.25) is 4.57 Å². The van der Waals surface area contributed by atoms with Crippen LogP contribution >= 0.6 is 0 Å². The van der Waals surface area contributed by atoms with Gasteiger partial charge in [-0.05, 0) is 165 Å². The van der Waals surface area contributed by atoms with Crippen LogP contribution in [0, 0.1) is 18.8 Å². The summed E-state index contributed by atoms with van der Waals surface area (Å²) < 4.78 is 38.7. The number of imidazole rings is 2. The predicted molar refractivity (Wildman–Crippen MR) is 364 cm³/mol. The predicted octanol–water partition coefficient (Wildman–Crippen LogP) is 14.9. The smallest absolute Gasteiger partial charge is 0.266 e. The number of rotatable bonds is 7. The number of ether oxygens (including phenoxy) is 5. The van der Waals surface area contributed by atoms with Crippen LogP contribution in [0.2, 0.25) is 0 Å². The number of aromatic nitrogens is 4. The zero-order valence-electron chi connectivity index (χ0n) is 50.0. The first kappa shape index (κ1) is 52.6. The maximum absolute atomic E-state index is 6.90. The fourth-order valence-corrected chi connectivity index (χ4v) is 15.5. The van der Waals surface area contributed by atoms with Crippen LogP contribution in [0.3, 0.4) is 0 Å². The molecule has 14 aromatic rings. The average molecular weight is 1380 g/mol. The van der Waals surface area contributed by atoms with Crippen molar-refractivity contribution >= 4 is 131 Å². The van der Waals surface area contributed by atoms with Crippen molar-refractivity contribution in [1.29, 1.82) is 0 Å². The number of nitrogens with zero attached hydrogens (tertiary/aromatic N) is 8. The van der Waals surface area contributed by atoms with E-state index in [4.69, 9.17) is 33.7 Å². The fourth-order valence-electron chi connectivity index (χ4n) is 15.5. The van der Waals surface area contributed by atoms with E-state index in [-0.39, 0.29) is 39.9 Å². The number of fused-ring (bicyclic) bond motifs is 6. The molecule has 93 heavy (non-hydrogen) atoms. The summed E-state index contributed by atoms with van der Waals surface area (Å²) in [4.78, 5) is 19.5. The summed E-state index contributed by atoms with van der Waals surface area (Å²) in [5.74, 6) is 9.02. The molecule has 0 saturated heterocycles. The van der Waals surface area contributed by atoms with Crippen LogP contribution in [0.25, 0.3) is 33.7 Å². The van der Waals surface area contributed by atoms with Gasteiger partial charge in [0.1, 0.15) is 51.8 Å². The molecule has 0 saturated carbocycles. The molecule has 3 aromatic heterocycles. The van der Waals surface area contributed by atoms with Crippen LogP contribution < -0.4 is 76.1 Å². The summed E-state index contributed by atoms with van der Waals surface area (Å²) >= 11 is 0. The zero-order valence-corrected chi connectivity index (χ0v) is 52.3. The Morgan fingerprint density at radius 3 is 1.46 bits per heavy atom. The summed E-state index contributed by atoms with van der Waals surface area (Å²) in [6.45, 7) is 8.59. The van der Waals surface area contributed by atoms with Gasteiger partial charge in [-0.15, -0.1) is 48.8 Å². The van der Waals surface area contributed by atoms with Crippen LogP contribution in [0.1, 0.15) is 26.3 Å². The monoisotopic (exact) mass is 1380 g/mol. The molecule has 0 radical (unpaired) electrons. The Labute approximate surface area is 549 Å². The Bertz CT molecular complexity index is 5310. The SMILES string of the molecule is CC(C)(C)c1ccnc(-n2c3[c-]c(Oc4[c-]c(N5[CH-]N(c6c(N7c8cccc9c8B8c%10c(cccc%10Oc%10cccc7c%108)O9)cccc6N6c7cccc8c7B7c9c(cccc9Oc9cccc6c97)O8)c6ccccc65)ccc4)ccc3n3c4ccccc4nc23)c1.[Pt]. The van der Waals surface area contributed by atoms with Crippen LogP contribution in [-0.4, -0.2) is 32.4 Å². The minimum absolute atomic E-state index is 0. The van der Waals surface area contributed by atoms with Gasteiger partial charge in [-0.2, -0.15) is 6.07 Å². The van der Waals surface area contributed by atoms with Gasteiger partial charge in [-0.25, -0.2) is 9.97 Å². The molecule has 13 nitrogen and oxygen atoms in total. The van der Waals surface area contributed by atoms with Gasteiger partial charge in [0.15, 0.2) is 0 Å². The topological polar surface area (TPSA) is 94.2 Å². The van der Waals surface area contributed by atoms with Crippen molar-refractivity contribution in [2.75, 3.05) is 19.6 Å². The van der Waals surface area contributed by atoms with Gasteiger partial charge in [0.2, 0.25) is 5.78 Å². The van der Waals surface area contributed by atoms with Gasteiger partial charge in [0.05, 0.1) is 28.1 Å². The van der Waals surface area contributed by atoms with E-state index in [1.54, 1.807) is 0 Å². The summed E-state index contributed by atoms with van der Waals surface area (Å²) in [5.41, 5.74) is 20.6. The van der Waals surface area contributed by atoms with Gasteiger partial charge in [-0.1, -0.05) is 87.5 Å². The third-order valence-corrected chi connectivity index (χ3v) is 19.3. The molecule has 444 valence electrons. The van der Waals surface area contributed by atoms with E-state index < -0.39 is 0 Å². The normalized spacial score (nSPS) is 14.3. The number of hydrogen-bond donors (Lipinski definition) is 0. The number of hydrogen-bond acceptors (Lipinski definition) is 11. The van der Waals surface area contributed by atoms with Crippen LogP contribution in [0.5, 0.6) is 57.5 Å². The molecular weight excluding hydrogens is 1330 g/mol. The molecule has 0 bridgehead atoms. The first-order valence-electron chi connectivity index (χ1n) is 31.0. The van der Waals surface area contributed by atoms with Crippen molar-refractivity contribution < 1.29 is 44.7 Å². The molecule has 0 aliphatic carbocycles. The molecule has 11 aromatic carbocycles. The molecule has 0 fully saturated rings. The minimum Gasteiger partial charge on any atom is -0.509 e. The summed E-state index contributed by atoms with van der Waals surface area (Å²) in [7, 11) is 0. The Morgan fingerprint density at radius 1 is 0.441 bits per heavy atom. The van der Waals surface area contributed by atoms with E-state index in [0.717, 1.165) is 175 Å². The second-order valence-corrected chi connectivity index (χ2v) is 25.3. The molecule has 0 amide bonds. The Hall–Kier alpha value is -11.1. The first-order valence-corrected chi connectivity index (χ1v) is 31.0. The number of benzene rings is 11. The molecule has 0 unspecified atom stereocenters. The van der Waals surface area contributed by atoms with Gasteiger partial charge < -0.3 is 47.7 Å². The van der Waals surface area contributed by atoms with Crippen molar-refractivity contribution in [3.63, 3.8) is 0 Å². The van der Waals surface area contributed by atoms with Crippen LogP contribution in [-0.2, 0) is 26.5 Å². The summed E-state index contributed by atoms with van der Waals surface area (Å²) in [5, 5.41) is 0. The van der Waals surface area contributed by atoms with E-state index in [2.05, 4.69) is 238 Å². The number of para-hydroxylation sites is 5. The van der Waals surface area contributed by atoms with Crippen molar-refractivity contribution in [3.8, 4) is 63.3 Å². The maximum atomic E-state index is 6.90. The average Bonchev–Trinajstić information content (AvgIpc) is 1.47. The van der Waals surface area contributed by atoms with E-state index in [0.29, 0.717) is 11.5 Å². The van der Waals surface area contributed by atoms with Crippen molar-refractivity contribution in [2.24, 2.45) is 0 Å². The third-order valence-electron chi connectivity index (χ3n) is 19.3. The standard InChI is InChI=1S/C77H47B2N8O5.Pt/c1-77(2,3)44-38-39-80-68(40-44)87-59-42-47(36-37-52(59)86-49-19-5-4-18-48(49)81-76(86)87)88-46-17-8-16-45(41-46)82-43-83(51-21-7-6-20-50(51)82)75-57(84-53-22-10-28-60-69(53)78-70-54(84)23-11-29-61(70)90-65-33-14-32-64(89-60)73(65)78)26-9-27-58(75)85-55-24-12-30-62-71(55)79-72-56(85)25-13-31-63(72)92-67-35-15-34-66(91-62)74(67)79;/h4-40,43H,1-3H3;/q-3;. The quantitative estimate of drug-likeness (QED) is 0.113. The second kappa shape index (κ2) is 19.0. The van der Waals surface area contributed by atoms with E-state index in [1.165, 1.54) is 0 Å². The molecule has 0 N–H and O–H groups in total. The minimum atomic E-state index is -0.123. The molecule has 0 spiro atoms. The molecule has 10 heterocycles. The van der Waals surface area contributed by atoms with Crippen LogP contribution in [0.15, 0.2) is 225 Å². The van der Waals surface area contributed by atoms with Gasteiger partial charge in [0, 0.05) is 83.8 Å². The fraction of sp³-hybridized carbons (Fsp3) is 0.0519. The largest absolute Gasteiger partial charge is 0.509 e. The van der Waals surface area contributed by atoms with Crippen LogP contribution in [0.4, 0.5) is 56.9 Å². The summed E-state index contributed by atoms with van der Waals surface area (Å²) in [6.07, 6.45) is 1.88. The first-order chi connectivity index (χ1) is 45.3. The molecular formula is C77H47B2N8O5Pt-3. The molecule has 21 rings (SSSR count). The Balaban J connectivity index is 0.00000597. The molecule has 0 atom stereocenters. The molecule has 7 aliphatic heterocycles. The number of pyridine rings is 1. The third kappa shape index (κ3) is 7.22. The zero-order chi connectivity index (χ0) is 60.4. The Morgan fingerprint density at radius 2 is 0.903 bits per heavy atom. The van der Waals surface area contributed by atoms with E-state index in [1.807, 2.05) is 54.7 Å². The maximum Gasteiger partial charge on any atom is 0.266 e. The molecule has 16 heteroatoms. The van der Waals surface area contributed by atoms with Crippen molar-refractivity contribution in [3.05, 3.63) is 249 Å². The van der Waals surface area contributed by atoms with Gasteiger partial charge in [0.25, 0.3) is 13.4 Å². The Kier molecular flexibility index (Phi) is 10.7. The second-order valence-electron chi connectivity index (χ2n) is 25.3. The van der Waals surface area contributed by atoms with E-state index >= 15 is 0 Å². The van der Waals surface area contributed by atoms with Gasteiger partial charge >= 0.3 is 0 Å². The summed E-state index contributed by atoms with van der Waals surface area (Å²) in [6, 6.07) is 83.1. The molecule has 7 aliphatic rings.